The van der Waals surface area contributed by atoms with Crippen molar-refractivity contribution in [1.29, 1.82) is 0 Å². The van der Waals surface area contributed by atoms with Crippen LogP contribution >= 0.6 is 0 Å². The number of nitrogens with one attached hydrogen (secondary N) is 1. The topological polar surface area (TPSA) is 96.0 Å². The first-order valence-electron chi connectivity index (χ1n) is 13.2. The maximum atomic E-state index is 13.8. The normalized spacial score (nSPS) is 11.9. The van der Waals surface area contributed by atoms with Crippen LogP contribution in [0, 0.1) is 0 Å². The van der Waals surface area contributed by atoms with Crippen LogP contribution in [0.5, 0.6) is 5.75 Å². The number of sulfonamides is 1. The minimum Gasteiger partial charge on any atom is -0.494 e. The van der Waals surface area contributed by atoms with E-state index in [0.717, 1.165) is 16.3 Å². The van der Waals surface area contributed by atoms with Crippen molar-refractivity contribution in [2.24, 2.45) is 0 Å². The Bertz CT molecular complexity index is 1300. The molecule has 1 N–H and O–H groups in total. The molecule has 3 rings (SSSR count). The highest BCUT2D eigenvalue weighted by molar-refractivity contribution is 7.92. The van der Waals surface area contributed by atoms with Crippen molar-refractivity contribution in [1.82, 2.24) is 10.2 Å². The molecule has 8 nitrogen and oxygen atoms in total. The summed E-state index contributed by atoms with van der Waals surface area (Å²) in [6.07, 6.45) is 1.28. The Balaban J connectivity index is 1.95. The lowest BCUT2D eigenvalue weighted by Gasteiger charge is -2.32. The third-order valence-electron chi connectivity index (χ3n) is 6.25. The van der Waals surface area contributed by atoms with E-state index in [0.29, 0.717) is 31.0 Å². The molecule has 3 aromatic rings. The van der Waals surface area contributed by atoms with Gasteiger partial charge in [0.25, 0.3) is 10.0 Å². The van der Waals surface area contributed by atoms with Crippen molar-refractivity contribution in [2.75, 3.05) is 30.5 Å². The molecule has 0 aliphatic rings. The van der Waals surface area contributed by atoms with Crippen LogP contribution < -0.4 is 14.4 Å². The van der Waals surface area contributed by atoms with Gasteiger partial charge in [0, 0.05) is 13.1 Å². The van der Waals surface area contributed by atoms with Gasteiger partial charge in [0.1, 0.15) is 18.3 Å². The molecule has 0 aliphatic carbocycles. The molecule has 39 heavy (non-hydrogen) atoms. The van der Waals surface area contributed by atoms with Crippen LogP contribution in [0.2, 0.25) is 0 Å². The molecule has 0 heterocycles. The van der Waals surface area contributed by atoms with Crippen LogP contribution in [0.4, 0.5) is 5.69 Å². The molecule has 1 atom stereocenters. The van der Waals surface area contributed by atoms with E-state index >= 15 is 0 Å². The Morgan fingerprint density at radius 1 is 0.897 bits per heavy atom. The minimum atomic E-state index is -4.09. The molecule has 0 aromatic heterocycles. The molecular formula is C30H37N3O5S. The van der Waals surface area contributed by atoms with Gasteiger partial charge in [0.2, 0.25) is 11.8 Å². The first kappa shape index (κ1) is 29.7. The third-order valence-corrected chi connectivity index (χ3v) is 8.03. The summed E-state index contributed by atoms with van der Waals surface area (Å²) in [6.45, 7) is 6.23. The van der Waals surface area contributed by atoms with Crippen molar-refractivity contribution < 1.29 is 22.7 Å². The monoisotopic (exact) mass is 551 g/mol. The van der Waals surface area contributed by atoms with E-state index in [4.69, 9.17) is 4.74 Å². The Hall–Kier alpha value is -3.85. The molecule has 0 bridgehead atoms. The van der Waals surface area contributed by atoms with Crippen molar-refractivity contribution >= 4 is 27.5 Å². The van der Waals surface area contributed by atoms with E-state index in [9.17, 15) is 18.0 Å². The molecule has 0 radical (unpaired) electrons. The fourth-order valence-corrected chi connectivity index (χ4v) is 5.52. The second-order valence-corrected chi connectivity index (χ2v) is 10.9. The van der Waals surface area contributed by atoms with Crippen LogP contribution in [-0.4, -0.2) is 57.4 Å². The lowest BCUT2D eigenvalue weighted by molar-refractivity contribution is -0.138. The van der Waals surface area contributed by atoms with E-state index in [1.807, 2.05) is 44.2 Å². The van der Waals surface area contributed by atoms with Gasteiger partial charge in [0.15, 0.2) is 0 Å². The number of amides is 2. The Labute approximate surface area is 231 Å². The predicted molar refractivity (Wildman–Crippen MR) is 153 cm³/mol. The van der Waals surface area contributed by atoms with Crippen LogP contribution in [0.3, 0.4) is 0 Å². The third kappa shape index (κ3) is 8.07. The molecule has 0 fully saturated rings. The Kier molecular flexibility index (Phi) is 10.9. The van der Waals surface area contributed by atoms with Gasteiger partial charge in [-0.3, -0.25) is 13.9 Å². The van der Waals surface area contributed by atoms with Gasteiger partial charge in [0.05, 0.1) is 17.2 Å². The number of hydrogen-bond acceptors (Lipinski definition) is 5. The summed E-state index contributed by atoms with van der Waals surface area (Å²) in [5.74, 6) is -0.161. The van der Waals surface area contributed by atoms with Crippen molar-refractivity contribution in [3.63, 3.8) is 0 Å². The molecule has 0 aliphatic heterocycles. The summed E-state index contributed by atoms with van der Waals surface area (Å²) in [6, 6.07) is 23.4. The van der Waals surface area contributed by atoms with E-state index in [2.05, 4.69) is 5.32 Å². The number of carbonyl (C=O) groups excluding carboxylic acids is 2. The molecule has 0 spiro atoms. The Morgan fingerprint density at radius 3 is 2.10 bits per heavy atom. The standard InChI is InChI=1S/C30H37N3O5S/c1-4-21-31-30(35)24(3)32(22-20-25-12-8-6-9-13-25)29(34)23-33(26-16-18-27(19-17-26)38-5-2)39(36,37)28-14-10-7-11-15-28/h6-19,24H,4-5,20-23H2,1-3H3,(H,31,35)/t24-/m1/s1. The highest BCUT2D eigenvalue weighted by atomic mass is 32.2. The zero-order chi connectivity index (χ0) is 28.3. The van der Waals surface area contributed by atoms with Crippen LogP contribution in [0.15, 0.2) is 89.8 Å². The van der Waals surface area contributed by atoms with Gasteiger partial charge in [-0.1, -0.05) is 55.5 Å². The van der Waals surface area contributed by atoms with Gasteiger partial charge < -0.3 is 15.0 Å². The largest absolute Gasteiger partial charge is 0.494 e. The van der Waals surface area contributed by atoms with Crippen LogP contribution in [0.25, 0.3) is 0 Å². The quantitative estimate of drug-likeness (QED) is 0.323. The second kappa shape index (κ2) is 14.3. The average molecular weight is 552 g/mol. The van der Waals surface area contributed by atoms with E-state index in [-0.39, 0.29) is 17.3 Å². The van der Waals surface area contributed by atoms with Crippen molar-refractivity contribution in [3.8, 4) is 5.75 Å². The molecule has 208 valence electrons. The van der Waals surface area contributed by atoms with Crippen molar-refractivity contribution in [3.05, 3.63) is 90.5 Å². The molecular weight excluding hydrogens is 514 g/mol. The molecule has 0 unspecified atom stereocenters. The van der Waals surface area contributed by atoms with Gasteiger partial charge in [-0.15, -0.1) is 0 Å². The number of rotatable bonds is 14. The molecule has 3 aromatic carbocycles. The number of nitrogens with zero attached hydrogens (tertiary/aromatic N) is 2. The van der Waals surface area contributed by atoms with Gasteiger partial charge in [-0.2, -0.15) is 0 Å². The summed E-state index contributed by atoms with van der Waals surface area (Å²) in [7, 11) is -4.09. The fraction of sp³-hybridized carbons (Fsp3) is 0.333. The highest BCUT2D eigenvalue weighted by Gasteiger charge is 2.32. The van der Waals surface area contributed by atoms with Gasteiger partial charge >= 0.3 is 0 Å². The average Bonchev–Trinajstić information content (AvgIpc) is 2.96. The van der Waals surface area contributed by atoms with Gasteiger partial charge in [-0.25, -0.2) is 8.42 Å². The summed E-state index contributed by atoms with van der Waals surface area (Å²) in [4.78, 5) is 28.2. The first-order valence-corrected chi connectivity index (χ1v) is 14.6. The van der Waals surface area contributed by atoms with E-state index in [1.54, 1.807) is 49.4 Å². The number of benzene rings is 3. The van der Waals surface area contributed by atoms with Crippen LogP contribution in [-0.2, 0) is 26.0 Å². The fourth-order valence-electron chi connectivity index (χ4n) is 4.09. The van der Waals surface area contributed by atoms with E-state index < -0.39 is 28.5 Å². The van der Waals surface area contributed by atoms with E-state index in [1.165, 1.54) is 17.0 Å². The summed E-state index contributed by atoms with van der Waals surface area (Å²) in [5, 5.41) is 2.85. The predicted octanol–water partition coefficient (Wildman–Crippen LogP) is 4.27. The Morgan fingerprint density at radius 2 is 1.51 bits per heavy atom. The van der Waals surface area contributed by atoms with Crippen LogP contribution in [0.1, 0.15) is 32.8 Å². The molecule has 2 amide bonds. The first-order chi connectivity index (χ1) is 18.8. The number of hydrogen-bond donors (Lipinski definition) is 1. The zero-order valence-corrected chi connectivity index (χ0v) is 23.6. The zero-order valence-electron chi connectivity index (χ0n) is 22.7. The van der Waals surface area contributed by atoms with Gasteiger partial charge in [-0.05, 0) is 68.7 Å². The minimum absolute atomic E-state index is 0.0660. The lowest BCUT2D eigenvalue weighted by atomic mass is 10.1. The maximum Gasteiger partial charge on any atom is 0.264 e. The lowest BCUT2D eigenvalue weighted by Crippen LogP contribution is -2.52. The second-order valence-electron chi connectivity index (χ2n) is 9.04. The molecule has 9 heteroatoms. The number of ether oxygens (including phenoxy) is 1. The smallest absolute Gasteiger partial charge is 0.264 e. The number of anilines is 1. The summed E-state index contributed by atoms with van der Waals surface area (Å²) >= 11 is 0. The SMILES string of the molecule is CCCNC(=O)[C@@H](C)N(CCc1ccccc1)C(=O)CN(c1ccc(OCC)cc1)S(=O)(=O)c1ccccc1. The highest BCUT2D eigenvalue weighted by Crippen LogP contribution is 2.26. The molecule has 0 saturated heterocycles. The summed E-state index contributed by atoms with van der Waals surface area (Å²) < 4.78 is 34.1. The number of carbonyl (C=O) groups is 2. The maximum absolute atomic E-state index is 13.8. The molecule has 0 saturated carbocycles. The van der Waals surface area contributed by atoms with Crippen molar-refractivity contribution in [2.45, 2.75) is 44.6 Å². The summed E-state index contributed by atoms with van der Waals surface area (Å²) in [5.41, 5.74) is 1.33.